The number of hydrogen-bond donors (Lipinski definition) is 1. The van der Waals surface area contributed by atoms with E-state index in [0.717, 1.165) is 40.1 Å². The Morgan fingerprint density at radius 3 is 2.36 bits per heavy atom. The summed E-state index contributed by atoms with van der Waals surface area (Å²) in [7, 11) is -5.50. The Morgan fingerprint density at radius 2 is 1.79 bits per heavy atom. The summed E-state index contributed by atoms with van der Waals surface area (Å²) in [5.74, 6) is -0.442. The van der Waals surface area contributed by atoms with Gasteiger partial charge in [-0.05, 0) is 48.9 Å². The molecule has 0 fully saturated rings. The molecule has 2 heterocycles. The van der Waals surface area contributed by atoms with Crippen molar-refractivity contribution in [1.29, 1.82) is 0 Å². The molecule has 0 spiro atoms. The van der Waals surface area contributed by atoms with Crippen LogP contribution in [0, 0.1) is 6.92 Å². The van der Waals surface area contributed by atoms with Gasteiger partial charge >= 0.3 is 11.2 Å². The first-order valence-electron chi connectivity index (χ1n) is 7.85. The van der Waals surface area contributed by atoms with Crippen LogP contribution in [0.4, 0.5) is 13.2 Å². The molecule has 3 rings (SSSR count). The van der Waals surface area contributed by atoms with Crippen LogP contribution in [-0.4, -0.2) is 33.2 Å². The lowest BCUT2D eigenvalue weighted by atomic mass is 10.2. The molecule has 0 bridgehead atoms. The fraction of sp³-hybridized carbons (Fsp3) is 0.176. The number of hydrogen-bond acceptors (Lipinski definition) is 5. The highest BCUT2D eigenvalue weighted by atomic mass is 32.2. The van der Waals surface area contributed by atoms with Gasteiger partial charge in [-0.25, -0.2) is 17.8 Å². The van der Waals surface area contributed by atoms with Crippen LogP contribution in [0.15, 0.2) is 58.5 Å². The highest BCUT2D eigenvalue weighted by molar-refractivity contribution is 7.92. The van der Waals surface area contributed by atoms with Crippen molar-refractivity contribution in [1.82, 2.24) is 14.1 Å². The normalized spacial score (nSPS) is 12.3. The third-order valence-electron chi connectivity index (χ3n) is 3.96. The molecule has 0 saturated carbocycles. The van der Waals surface area contributed by atoms with Crippen LogP contribution in [0.3, 0.4) is 0 Å². The molecule has 0 aliphatic carbocycles. The van der Waals surface area contributed by atoms with Crippen molar-refractivity contribution in [3.63, 3.8) is 0 Å². The summed E-state index contributed by atoms with van der Waals surface area (Å²) in [6.07, 6.45) is 2.75. The molecule has 0 aliphatic heterocycles. The minimum atomic E-state index is -5.50. The van der Waals surface area contributed by atoms with Crippen LogP contribution in [0.25, 0.3) is 5.69 Å². The topological polar surface area (TPSA) is 94.2 Å². The van der Waals surface area contributed by atoms with Gasteiger partial charge in [0, 0.05) is 11.9 Å². The molecule has 11 heteroatoms. The maximum absolute atomic E-state index is 12.6. The number of aromatic hydroxyl groups is 1. The van der Waals surface area contributed by atoms with Gasteiger partial charge < -0.3 is 5.11 Å². The third-order valence-corrected chi connectivity index (χ3v) is 5.46. The highest BCUT2D eigenvalue weighted by Gasteiger charge is 2.46. The van der Waals surface area contributed by atoms with Gasteiger partial charge in [0.2, 0.25) is 5.88 Å². The van der Waals surface area contributed by atoms with Crippen LogP contribution in [0.1, 0.15) is 11.3 Å². The lowest BCUT2D eigenvalue weighted by molar-refractivity contribution is -0.0436. The van der Waals surface area contributed by atoms with E-state index in [-0.39, 0.29) is 12.2 Å². The summed E-state index contributed by atoms with van der Waals surface area (Å²) in [6.45, 7) is 1.93. The largest absolute Gasteiger partial charge is 0.501 e. The number of sulfone groups is 1. The first-order valence-corrected chi connectivity index (χ1v) is 9.33. The Balaban J connectivity index is 1.97. The van der Waals surface area contributed by atoms with E-state index in [1.54, 1.807) is 25.3 Å². The van der Waals surface area contributed by atoms with Crippen molar-refractivity contribution in [2.24, 2.45) is 0 Å². The van der Waals surface area contributed by atoms with Gasteiger partial charge in [-0.3, -0.25) is 9.55 Å². The Kier molecular flexibility index (Phi) is 4.79. The number of pyridine rings is 1. The average molecular weight is 413 g/mol. The number of imidazole rings is 1. The van der Waals surface area contributed by atoms with Crippen LogP contribution in [0.5, 0.6) is 5.88 Å². The monoisotopic (exact) mass is 413 g/mol. The molecule has 0 atom stereocenters. The molecular weight excluding hydrogens is 399 g/mol. The molecule has 0 amide bonds. The highest BCUT2D eigenvalue weighted by Crippen LogP contribution is 2.30. The molecule has 1 aromatic carbocycles. The average Bonchev–Trinajstić information content (AvgIpc) is 2.87. The van der Waals surface area contributed by atoms with Gasteiger partial charge in [-0.2, -0.15) is 13.2 Å². The summed E-state index contributed by atoms with van der Waals surface area (Å²) in [5.41, 5.74) is -4.54. The van der Waals surface area contributed by atoms with Crippen molar-refractivity contribution in [3.8, 4) is 11.6 Å². The third kappa shape index (κ3) is 3.52. The first kappa shape index (κ1) is 19.7. The smallest absolute Gasteiger partial charge is 0.493 e. The van der Waals surface area contributed by atoms with E-state index in [1.165, 1.54) is 10.8 Å². The molecule has 2 aromatic heterocycles. The van der Waals surface area contributed by atoms with Gasteiger partial charge in [0.25, 0.3) is 9.84 Å². The van der Waals surface area contributed by atoms with Crippen molar-refractivity contribution < 1.29 is 26.7 Å². The van der Waals surface area contributed by atoms with Crippen LogP contribution in [0.2, 0.25) is 0 Å². The van der Waals surface area contributed by atoms with Gasteiger partial charge in [-0.1, -0.05) is 0 Å². The fourth-order valence-corrected chi connectivity index (χ4v) is 3.40. The molecule has 0 saturated heterocycles. The minimum absolute atomic E-state index is 0.0216. The Hall–Kier alpha value is -3.08. The Bertz CT molecular complexity index is 1180. The lowest BCUT2D eigenvalue weighted by Crippen LogP contribution is -2.24. The van der Waals surface area contributed by atoms with E-state index in [9.17, 15) is 31.5 Å². The Labute approximate surface area is 157 Å². The summed E-state index contributed by atoms with van der Waals surface area (Å²) >= 11 is 0. The zero-order chi connectivity index (χ0) is 20.7. The standard InChI is InChI=1S/C17H14F3N3O4S/c1-11-8-12(6-7-21-11)9-22-10-15(24)23(16(22)25)13-2-4-14(5-3-13)28(26,27)17(18,19)20/h2-8,10,24H,9H2,1H3. The van der Waals surface area contributed by atoms with Gasteiger partial charge in [0.1, 0.15) is 0 Å². The second-order valence-corrected chi connectivity index (χ2v) is 7.92. The van der Waals surface area contributed by atoms with Crippen LogP contribution in [-0.2, 0) is 16.4 Å². The predicted molar refractivity (Wildman–Crippen MR) is 93.0 cm³/mol. The maximum atomic E-state index is 12.6. The predicted octanol–water partition coefficient (Wildman–Crippen LogP) is 2.39. The molecular formula is C17H14F3N3O4S. The van der Waals surface area contributed by atoms with Gasteiger partial charge in [0.05, 0.1) is 23.3 Å². The van der Waals surface area contributed by atoms with Crippen molar-refractivity contribution in [2.45, 2.75) is 23.9 Å². The summed E-state index contributed by atoms with van der Waals surface area (Å²) < 4.78 is 62.8. The van der Waals surface area contributed by atoms with E-state index in [1.807, 2.05) is 0 Å². The molecule has 0 unspecified atom stereocenters. The van der Waals surface area contributed by atoms with E-state index in [4.69, 9.17) is 0 Å². The second-order valence-electron chi connectivity index (χ2n) is 5.98. The van der Waals surface area contributed by atoms with Crippen LogP contribution < -0.4 is 5.69 Å². The zero-order valence-electron chi connectivity index (χ0n) is 14.4. The number of halogens is 3. The lowest BCUT2D eigenvalue weighted by Gasteiger charge is -2.09. The number of rotatable bonds is 4. The number of alkyl halides is 3. The summed E-state index contributed by atoms with van der Waals surface area (Å²) in [6, 6.07) is 6.95. The number of aromatic nitrogens is 3. The Morgan fingerprint density at radius 1 is 1.14 bits per heavy atom. The van der Waals surface area contributed by atoms with Crippen molar-refractivity contribution in [3.05, 3.63) is 70.5 Å². The summed E-state index contributed by atoms with van der Waals surface area (Å²) in [5, 5.41) is 10.1. The van der Waals surface area contributed by atoms with Gasteiger partial charge in [-0.15, -0.1) is 0 Å². The van der Waals surface area contributed by atoms with Crippen molar-refractivity contribution in [2.75, 3.05) is 0 Å². The first-order chi connectivity index (χ1) is 13.0. The van der Waals surface area contributed by atoms with Crippen molar-refractivity contribution >= 4 is 9.84 Å². The number of aryl methyl sites for hydroxylation is 1. The quantitative estimate of drug-likeness (QED) is 0.709. The number of benzene rings is 1. The number of nitrogens with zero attached hydrogens (tertiary/aromatic N) is 3. The van der Waals surface area contributed by atoms with E-state index in [2.05, 4.69) is 4.98 Å². The molecule has 1 N–H and O–H groups in total. The minimum Gasteiger partial charge on any atom is -0.493 e. The van der Waals surface area contributed by atoms with Crippen LogP contribution >= 0.6 is 0 Å². The second kappa shape index (κ2) is 6.82. The van der Waals surface area contributed by atoms with E-state index < -0.39 is 31.8 Å². The van der Waals surface area contributed by atoms with E-state index in [0.29, 0.717) is 0 Å². The molecule has 7 nitrogen and oxygen atoms in total. The fourth-order valence-electron chi connectivity index (χ4n) is 2.64. The molecule has 148 valence electrons. The summed E-state index contributed by atoms with van der Waals surface area (Å²) in [4.78, 5) is 15.7. The molecule has 0 radical (unpaired) electrons. The maximum Gasteiger partial charge on any atom is 0.501 e. The molecule has 28 heavy (non-hydrogen) atoms. The van der Waals surface area contributed by atoms with E-state index >= 15 is 0 Å². The molecule has 3 aromatic rings. The zero-order valence-corrected chi connectivity index (χ0v) is 15.2. The SMILES string of the molecule is Cc1cc(Cn2cc(O)n(-c3ccc(S(=O)(=O)C(F)(F)F)cc3)c2=O)ccn1. The molecule has 0 aliphatic rings. The van der Waals surface area contributed by atoms with Gasteiger partial charge in [0.15, 0.2) is 0 Å².